The summed E-state index contributed by atoms with van der Waals surface area (Å²) in [6.07, 6.45) is 6.12. The molecular weight excluding hydrogens is 200 g/mol. The largest absolute Gasteiger partial charge is 0.354 e. The fourth-order valence-corrected chi connectivity index (χ4v) is 1.98. The van der Waals surface area contributed by atoms with Gasteiger partial charge in [0.25, 0.3) is 0 Å². The zero-order chi connectivity index (χ0) is 12.0. The zero-order valence-corrected chi connectivity index (χ0v) is 10.9. The molecule has 3 heteroatoms. The molecule has 0 saturated heterocycles. The number of carbonyl (C=O) groups is 1. The predicted molar refractivity (Wildman–Crippen MR) is 67.3 cm³/mol. The molecule has 1 fully saturated rings. The van der Waals surface area contributed by atoms with Gasteiger partial charge in [0.2, 0.25) is 5.91 Å². The summed E-state index contributed by atoms with van der Waals surface area (Å²) in [5.41, 5.74) is 0.459. The van der Waals surface area contributed by atoms with Gasteiger partial charge in [-0.05, 0) is 38.0 Å². The number of amides is 1. The Morgan fingerprint density at radius 1 is 1.38 bits per heavy atom. The smallest absolute Gasteiger partial charge is 0.233 e. The van der Waals surface area contributed by atoms with Crippen molar-refractivity contribution in [2.24, 2.45) is 5.41 Å². The third-order valence-corrected chi connectivity index (χ3v) is 3.62. The van der Waals surface area contributed by atoms with Crippen molar-refractivity contribution in [2.75, 3.05) is 13.1 Å². The molecule has 0 spiro atoms. The molecule has 0 radical (unpaired) electrons. The molecule has 1 aliphatic rings. The molecule has 1 amide bonds. The molecule has 0 aromatic rings. The molecule has 0 aromatic heterocycles. The fourth-order valence-electron chi connectivity index (χ4n) is 1.98. The second kappa shape index (κ2) is 6.24. The Morgan fingerprint density at radius 2 is 2.06 bits per heavy atom. The SMILES string of the molecule is CCCC1(CNC(=O)CNC(C)CC)CC1. The van der Waals surface area contributed by atoms with Crippen LogP contribution in [0, 0.1) is 5.41 Å². The maximum absolute atomic E-state index is 11.6. The number of hydrogen-bond donors (Lipinski definition) is 2. The maximum atomic E-state index is 11.6. The van der Waals surface area contributed by atoms with Gasteiger partial charge in [0.05, 0.1) is 6.54 Å². The van der Waals surface area contributed by atoms with Crippen LogP contribution in [0.2, 0.25) is 0 Å². The average molecular weight is 226 g/mol. The summed E-state index contributed by atoms with van der Waals surface area (Å²) < 4.78 is 0. The van der Waals surface area contributed by atoms with Crippen LogP contribution in [0.25, 0.3) is 0 Å². The summed E-state index contributed by atoms with van der Waals surface area (Å²) in [6, 6.07) is 0.427. The van der Waals surface area contributed by atoms with Crippen molar-refractivity contribution in [1.29, 1.82) is 0 Å². The molecule has 2 N–H and O–H groups in total. The monoisotopic (exact) mass is 226 g/mol. The van der Waals surface area contributed by atoms with Gasteiger partial charge in [-0.2, -0.15) is 0 Å². The number of hydrogen-bond acceptors (Lipinski definition) is 2. The molecule has 1 unspecified atom stereocenters. The summed E-state index contributed by atoms with van der Waals surface area (Å²) >= 11 is 0. The minimum Gasteiger partial charge on any atom is -0.354 e. The van der Waals surface area contributed by atoms with E-state index in [-0.39, 0.29) is 5.91 Å². The van der Waals surface area contributed by atoms with E-state index in [9.17, 15) is 4.79 Å². The lowest BCUT2D eigenvalue weighted by Gasteiger charge is -2.16. The Morgan fingerprint density at radius 3 is 2.56 bits per heavy atom. The molecule has 0 heterocycles. The van der Waals surface area contributed by atoms with Crippen molar-refractivity contribution in [3.63, 3.8) is 0 Å². The molecule has 0 aromatic carbocycles. The molecule has 16 heavy (non-hydrogen) atoms. The molecule has 3 nitrogen and oxygen atoms in total. The van der Waals surface area contributed by atoms with Gasteiger partial charge < -0.3 is 10.6 Å². The van der Waals surface area contributed by atoms with Crippen molar-refractivity contribution in [2.45, 2.75) is 58.9 Å². The van der Waals surface area contributed by atoms with Gasteiger partial charge in [-0.3, -0.25) is 4.79 Å². The highest BCUT2D eigenvalue weighted by atomic mass is 16.1. The lowest BCUT2D eigenvalue weighted by Crippen LogP contribution is -2.39. The Hall–Kier alpha value is -0.570. The van der Waals surface area contributed by atoms with Crippen LogP contribution in [-0.2, 0) is 4.79 Å². The molecule has 1 atom stereocenters. The van der Waals surface area contributed by atoms with Crippen LogP contribution in [0.3, 0.4) is 0 Å². The minimum atomic E-state index is 0.141. The number of nitrogens with one attached hydrogen (secondary N) is 2. The molecule has 1 rings (SSSR count). The first-order chi connectivity index (χ1) is 7.62. The van der Waals surface area contributed by atoms with Crippen LogP contribution in [-0.4, -0.2) is 25.0 Å². The Bertz CT molecular complexity index is 224. The van der Waals surface area contributed by atoms with Gasteiger partial charge in [-0.1, -0.05) is 20.3 Å². The van der Waals surface area contributed by atoms with E-state index >= 15 is 0 Å². The molecule has 1 aliphatic carbocycles. The normalized spacial score (nSPS) is 19.2. The van der Waals surface area contributed by atoms with Crippen molar-refractivity contribution >= 4 is 5.91 Å². The first-order valence-corrected chi connectivity index (χ1v) is 6.62. The van der Waals surface area contributed by atoms with E-state index < -0.39 is 0 Å². The van der Waals surface area contributed by atoms with Crippen molar-refractivity contribution in [3.05, 3.63) is 0 Å². The van der Waals surface area contributed by atoms with Gasteiger partial charge in [-0.25, -0.2) is 0 Å². The lowest BCUT2D eigenvalue weighted by molar-refractivity contribution is -0.120. The lowest BCUT2D eigenvalue weighted by atomic mass is 10.0. The molecule has 94 valence electrons. The van der Waals surface area contributed by atoms with Gasteiger partial charge in [0.1, 0.15) is 0 Å². The van der Waals surface area contributed by atoms with Crippen LogP contribution in [0.4, 0.5) is 0 Å². The first kappa shape index (κ1) is 13.5. The van der Waals surface area contributed by atoms with Crippen LogP contribution >= 0.6 is 0 Å². The summed E-state index contributed by atoms with van der Waals surface area (Å²) in [5.74, 6) is 0.141. The summed E-state index contributed by atoms with van der Waals surface area (Å²) in [5, 5.41) is 6.26. The van der Waals surface area contributed by atoms with Crippen molar-refractivity contribution < 1.29 is 4.79 Å². The maximum Gasteiger partial charge on any atom is 0.233 e. The van der Waals surface area contributed by atoms with E-state index in [0.29, 0.717) is 18.0 Å². The second-order valence-electron chi connectivity index (χ2n) is 5.22. The van der Waals surface area contributed by atoms with Crippen LogP contribution in [0.1, 0.15) is 52.9 Å². The first-order valence-electron chi connectivity index (χ1n) is 6.62. The Kier molecular flexibility index (Phi) is 5.26. The topological polar surface area (TPSA) is 41.1 Å². The fraction of sp³-hybridized carbons (Fsp3) is 0.923. The predicted octanol–water partition coefficient (Wildman–Crippen LogP) is 2.07. The van der Waals surface area contributed by atoms with E-state index in [2.05, 4.69) is 31.4 Å². The quantitative estimate of drug-likeness (QED) is 0.665. The van der Waals surface area contributed by atoms with E-state index in [1.807, 2.05) is 0 Å². The van der Waals surface area contributed by atoms with E-state index in [4.69, 9.17) is 0 Å². The highest BCUT2D eigenvalue weighted by Crippen LogP contribution is 2.48. The van der Waals surface area contributed by atoms with E-state index in [1.54, 1.807) is 0 Å². The highest BCUT2D eigenvalue weighted by Gasteiger charge is 2.41. The Labute approximate surface area is 99.4 Å². The molecule has 0 bridgehead atoms. The molecule has 0 aliphatic heterocycles. The highest BCUT2D eigenvalue weighted by molar-refractivity contribution is 5.78. The molecular formula is C13H26N2O. The zero-order valence-electron chi connectivity index (χ0n) is 10.9. The van der Waals surface area contributed by atoms with Crippen LogP contribution in [0.5, 0.6) is 0 Å². The average Bonchev–Trinajstić information content (AvgIpc) is 3.04. The molecule has 1 saturated carbocycles. The van der Waals surface area contributed by atoms with Crippen molar-refractivity contribution in [1.82, 2.24) is 10.6 Å². The van der Waals surface area contributed by atoms with Crippen LogP contribution in [0.15, 0.2) is 0 Å². The number of rotatable bonds is 8. The number of carbonyl (C=O) groups excluding carboxylic acids is 1. The van der Waals surface area contributed by atoms with Gasteiger partial charge in [-0.15, -0.1) is 0 Å². The van der Waals surface area contributed by atoms with E-state index in [1.165, 1.54) is 25.7 Å². The van der Waals surface area contributed by atoms with Gasteiger partial charge in [0.15, 0.2) is 0 Å². The van der Waals surface area contributed by atoms with E-state index in [0.717, 1.165) is 13.0 Å². The van der Waals surface area contributed by atoms with Crippen LogP contribution < -0.4 is 10.6 Å². The Balaban J connectivity index is 2.11. The summed E-state index contributed by atoms with van der Waals surface area (Å²) in [4.78, 5) is 11.6. The third kappa shape index (κ3) is 4.52. The van der Waals surface area contributed by atoms with Crippen molar-refractivity contribution in [3.8, 4) is 0 Å². The van der Waals surface area contributed by atoms with Gasteiger partial charge in [0, 0.05) is 12.6 Å². The minimum absolute atomic E-state index is 0.141. The standard InChI is InChI=1S/C13H26N2O/c1-4-6-13(7-8-13)10-15-12(16)9-14-11(3)5-2/h11,14H,4-10H2,1-3H3,(H,15,16). The second-order valence-corrected chi connectivity index (χ2v) is 5.22. The summed E-state index contributed by atoms with van der Waals surface area (Å²) in [6.45, 7) is 7.77. The summed E-state index contributed by atoms with van der Waals surface area (Å²) in [7, 11) is 0. The third-order valence-electron chi connectivity index (χ3n) is 3.62. The van der Waals surface area contributed by atoms with Gasteiger partial charge >= 0.3 is 0 Å².